The monoisotopic (exact) mass is 221 g/mol. The number of hydrogen-bond donors (Lipinski definition) is 2. The predicted molar refractivity (Wildman–Crippen MR) is 67.2 cm³/mol. The van der Waals surface area contributed by atoms with Crippen molar-refractivity contribution < 1.29 is 4.74 Å². The molecule has 1 rings (SSSR count). The van der Waals surface area contributed by atoms with Crippen molar-refractivity contribution >= 4 is 11.6 Å². The first-order valence-electron chi connectivity index (χ1n) is 5.45. The number of benzene rings is 1. The van der Waals surface area contributed by atoms with Gasteiger partial charge in [-0.2, -0.15) is 0 Å². The van der Waals surface area contributed by atoms with E-state index in [9.17, 15) is 0 Å². The van der Waals surface area contributed by atoms with Gasteiger partial charge in [0.15, 0.2) is 5.96 Å². The SMILES string of the molecule is CCCCOc1ccc(N(C)C(=N)N)cc1. The van der Waals surface area contributed by atoms with Crippen LogP contribution in [-0.2, 0) is 0 Å². The molecule has 1 aromatic rings. The molecular weight excluding hydrogens is 202 g/mol. The molecule has 0 aliphatic heterocycles. The number of hydrogen-bond acceptors (Lipinski definition) is 2. The summed E-state index contributed by atoms with van der Waals surface area (Å²) in [6.07, 6.45) is 2.19. The standard InChI is InChI=1S/C12H19N3O/c1-3-4-9-16-11-7-5-10(6-8-11)15(2)12(13)14/h5-8H,3-4,9H2,1-2H3,(H3,13,14). The maximum atomic E-state index is 7.30. The molecule has 0 aliphatic carbocycles. The van der Waals surface area contributed by atoms with Crippen molar-refractivity contribution in [3.63, 3.8) is 0 Å². The van der Waals surface area contributed by atoms with Gasteiger partial charge >= 0.3 is 0 Å². The highest BCUT2D eigenvalue weighted by Gasteiger charge is 2.02. The summed E-state index contributed by atoms with van der Waals surface area (Å²) in [6.45, 7) is 2.88. The quantitative estimate of drug-likeness (QED) is 0.455. The number of nitrogens with zero attached hydrogens (tertiary/aromatic N) is 1. The average Bonchev–Trinajstić information content (AvgIpc) is 2.29. The lowest BCUT2D eigenvalue weighted by atomic mass is 10.3. The summed E-state index contributed by atoms with van der Waals surface area (Å²) in [6, 6.07) is 7.57. The summed E-state index contributed by atoms with van der Waals surface area (Å²) in [4.78, 5) is 1.61. The van der Waals surface area contributed by atoms with E-state index in [1.54, 1.807) is 11.9 Å². The summed E-state index contributed by atoms with van der Waals surface area (Å²) >= 11 is 0. The van der Waals surface area contributed by atoms with E-state index in [-0.39, 0.29) is 5.96 Å². The van der Waals surface area contributed by atoms with Gasteiger partial charge in [0.1, 0.15) is 5.75 Å². The molecule has 0 atom stereocenters. The van der Waals surface area contributed by atoms with E-state index in [0.29, 0.717) is 0 Å². The van der Waals surface area contributed by atoms with Crippen molar-refractivity contribution in [2.75, 3.05) is 18.6 Å². The molecule has 0 bridgehead atoms. The molecule has 0 radical (unpaired) electrons. The molecule has 88 valence electrons. The van der Waals surface area contributed by atoms with Crippen molar-refractivity contribution in [2.24, 2.45) is 5.73 Å². The van der Waals surface area contributed by atoms with Crippen LogP contribution in [-0.4, -0.2) is 19.6 Å². The van der Waals surface area contributed by atoms with Gasteiger partial charge in [-0.1, -0.05) is 13.3 Å². The second-order valence-electron chi connectivity index (χ2n) is 3.64. The Bertz CT molecular complexity index is 335. The Hall–Kier alpha value is -1.71. The zero-order valence-corrected chi connectivity index (χ0v) is 9.86. The van der Waals surface area contributed by atoms with Crippen LogP contribution in [0.1, 0.15) is 19.8 Å². The Morgan fingerprint density at radius 1 is 1.38 bits per heavy atom. The molecule has 1 aromatic carbocycles. The van der Waals surface area contributed by atoms with Crippen LogP contribution in [0.4, 0.5) is 5.69 Å². The van der Waals surface area contributed by atoms with Gasteiger partial charge in [-0.3, -0.25) is 5.41 Å². The van der Waals surface area contributed by atoms with Crippen LogP contribution in [0.3, 0.4) is 0 Å². The van der Waals surface area contributed by atoms with Gasteiger partial charge in [0.25, 0.3) is 0 Å². The summed E-state index contributed by atoms with van der Waals surface area (Å²) in [5.41, 5.74) is 6.27. The largest absolute Gasteiger partial charge is 0.494 e. The molecule has 16 heavy (non-hydrogen) atoms. The average molecular weight is 221 g/mol. The van der Waals surface area contributed by atoms with Crippen molar-refractivity contribution in [1.82, 2.24) is 0 Å². The minimum atomic E-state index is 0.0275. The first-order chi connectivity index (χ1) is 7.65. The summed E-state index contributed by atoms with van der Waals surface area (Å²) in [5.74, 6) is 0.883. The van der Waals surface area contributed by atoms with Gasteiger partial charge in [0.05, 0.1) is 6.61 Å². The number of guanidine groups is 1. The molecule has 4 nitrogen and oxygen atoms in total. The molecule has 4 heteroatoms. The molecule has 0 spiro atoms. The zero-order chi connectivity index (χ0) is 12.0. The van der Waals surface area contributed by atoms with Gasteiger partial charge < -0.3 is 15.4 Å². The second-order valence-corrected chi connectivity index (χ2v) is 3.64. The Labute approximate surface area is 96.5 Å². The van der Waals surface area contributed by atoms with Crippen LogP contribution >= 0.6 is 0 Å². The summed E-state index contributed by atoms with van der Waals surface area (Å²) in [5, 5.41) is 7.30. The van der Waals surface area contributed by atoms with Crippen molar-refractivity contribution in [3.05, 3.63) is 24.3 Å². The number of rotatable bonds is 5. The van der Waals surface area contributed by atoms with E-state index in [4.69, 9.17) is 15.9 Å². The molecule has 0 aromatic heterocycles. The normalized spacial score (nSPS) is 9.88. The van der Waals surface area contributed by atoms with Gasteiger partial charge in [-0.15, -0.1) is 0 Å². The number of anilines is 1. The third-order valence-electron chi connectivity index (χ3n) is 2.35. The Morgan fingerprint density at radius 2 is 2.00 bits per heavy atom. The summed E-state index contributed by atoms with van der Waals surface area (Å²) in [7, 11) is 1.76. The predicted octanol–water partition coefficient (Wildman–Crippen LogP) is 2.20. The van der Waals surface area contributed by atoms with Gasteiger partial charge in [-0.05, 0) is 30.7 Å². The Balaban J connectivity index is 2.57. The first-order valence-corrected chi connectivity index (χ1v) is 5.45. The van der Waals surface area contributed by atoms with E-state index < -0.39 is 0 Å². The molecule has 0 amide bonds. The third kappa shape index (κ3) is 3.46. The molecular formula is C12H19N3O. The Morgan fingerprint density at radius 3 is 2.50 bits per heavy atom. The minimum absolute atomic E-state index is 0.0275. The lowest BCUT2D eigenvalue weighted by Crippen LogP contribution is -2.32. The topological polar surface area (TPSA) is 62.3 Å². The Kier molecular flexibility index (Phi) is 4.64. The maximum absolute atomic E-state index is 7.30. The number of unbranched alkanes of at least 4 members (excludes halogenated alkanes) is 1. The maximum Gasteiger partial charge on any atom is 0.192 e. The number of nitrogens with one attached hydrogen (secondary N) is 1. The van der Waals surface area contributed by atoms with Crippen molar-refractivity contribution in [1.29, 1.82) is 5.41 Å². The minimum Gasteiger partial charge on any atom is -0.494 e. The molecule has 0 fully saturated rings. The van der Waals surface area contributed by atoms with Crippen LogP contribution in [0.2, 0.25) is 0 Å². The van der Waals surface area contributed by atoms with Crippen LogP contribution in [0.25, 0.3) is 0 Å². The van der Waals surface area contributed by atoms with Gasteiger partial charge in [0.2, 0.25) is 0 Å². The highest BCUT2D eigenvalue weighted by molar-refractivity contribution is 5.91. The fraction of sp³-hybridized carbons (Fsp3) is 0.417. The molecule has 0 saturated carbocycles. The fourth-order valence-electron chi connectivity index (χ4n) is 1.24. The van der Waals surface area contributed by atoms with Gasteiger partial charge in [-0.25, -0.2) is 0 Å². The lowest BCUT2D eigenvalue weighted by Gasteiger charge is -2.16. The number of nitrogens with two attached hydrogens (primary N) is 1. The van der Waals surface area contributed by atoms with E-state index in [1.165, 1.54) is 0 Å². The molecule has 3 N–H and O–H groups in total. The molecule has 0 unspecified atom stereocenters. The van der Waals surface area contributed by atoms with Crippen molar-refractivity contribution in [2.45, 2.75) is 19.8 Å². The first kappa shape index (κ1) is 12.4. The van der Waals surface area contributed by atoms with Crippen LogP contribution in [0.5, 0.6) is 5.75 Å². The lowest BCUT2D eigenvalue weighted by molar-refractivity contribution is 0.309. The molecule has 0 heterocycles. The summed E-state index contributed by atoms with van der Waals surface area (Å²) < 4.78 is 5.54. The van der Waals surface area contributed by atoms with E-state index >= 15 is 0 Å². The van der Waals surface area contributed by atoms with E-state index in [1.807, 2.05) is 24.3 Å². The second kappa shape index (κ2) is 6.00. The smallest absolute Gasteiger partial charge is 0.192 e. The fourth-order valence-corrected chi connectivity index (χ4v) is 1.24. The highest BCUT2D eigenvalue weighted by atomic mass is 16.5. The van der Waals surface area contributed by atoms with E-state index in [2.05, 4.69) is 6.92 Å². The van der Waals surface area contributed by atoms with Crippen molar-refractivity contribution in [3.8, 4) is 5.75 Å². The van der Waals surface area contributed by atoms with Crippen LogP contribution in [0, 0.1) is 5.41 Å². The zero-order valence-electron chi connectivity index (χ0n) is 9.86. The molecule has 0 saturated heterocycles. The third-order valence-corrected chi connectivity index (χ3v) is 2.35. The number of ether oxygens (including phenoxy) is 1. The van der Waals surface area contributed by atoms with Crippen LogP contribution in [0.15, 0.2) is 24.3 Å². The van der Waals surface area contributed by atoms with E-state index in [0.717, 1.165) is 30.9 Å². The van der Waals surface area contributed by atoms with Crippen LogP contribution < -0.4 is 15.4 Å². The van der Waals surface area contributed by atoms with Gasteiger partial charge in [0, 0.05) is 12.7 Å². The highest BCUT2D eigenvalue weighted by Crippen LogP contribution is 2.18. The molecule has 0 aliphatic rings.